The number of carbonyl (C=O) groups is 1. The Hall–Kier alpha value is -1.51. The number of methoxy groups -OCH3 is 1. The Morgan fingerprint density at radius 3 is 2.52 bits per heavy atom. The summed E-state index contributed by atoms with van der Waals surface area (Å²) in [6, 6.07) is 7.87. The van der Waals surface area contributed by atoms with Gasteiger partial charge in [0.2, 0.25) is 0 Å². The normalized spacial score (nSPS) is 24.5. The third-order valence-corrected chi connectivity index (χ3v) is 5.02. The number of carbonyl (C=O) groups excluding carboxylic acids is 1. The summed E-state index contributed by atoms with van der Waals surface area (Å²) in [5.41, 5.74) is 1.14. The van der Waals surface area contributed by atoms with Gasteiger partial charge in [-0.25, -0.2) is 0 Å². The van der Waals surface area contributed by atoms with Crippen molar-refractivity contribution in [3.8, 4) is 5.75 Å². The number of hydrogen-bond acceptors (Lipinski definition) is 3. The molecule has 1 aromatic carbocycles. The molecule has 128 valence electrons. The number of hydrogen-bond donors (Lipinski definition) is 0. The summed E-state index contributed by atoms with van der Waals surface area (Å²) in [5, 5.41) is 0. The molecule has 1 aliphatic rings. The van der Waals surface area contributed by atoms with Gasteiger partial charge in [-0.1, -0.05) is 39.3 Å². The first kappa shape index (κ1) is 17.8. The Balaban J connectivity index is 1.84. The summed E-state index contributed by atoms with van der Waals surface area (Å²) in [6.07, 6.45) is 4.70. The number of esters is 1. The van der Waals surface area contributed by atoms with Gasteiger partial charge < -0.3 is 9.47 Å². The molecule has 0 saturated heterocycles. The third-order valence-electron chi connectivity index (χ3n) is 5.02. The van der Waals surface area contributed by atoms with Gasteiger partial charge in [-0.05, 0) is 54.7 Å². The van der Waals surface area contributed by atoms with Crippen molar-refractivity contribution in [1.29, 1.82) is 0 Å². The molecule has 0 N–H and O–H groups in total. The van der Waals surface area contributed by atoms with Crippen molar-refractivity contribution in [1.82, 2.24) is 0 Å². The van der Waals surface area contributed by atoms with Crippen LogP contribution in [0.3, 0.4) is 0 Å². The molecule has 3 heteroatoms. The average molecular weight is 318 g/mol. The average Bonchev–Trinajstić information content (AvgIpc) is 2.53. The highest BCUT2D eigenvalue weighted by Crippen LogP contribution is 2.35. The van der Waals surface area contributed by atoms with E-state index in [4.69, 9.17) is 9.47 Å². The fourth-order valence-corrected chi connectivity index (χ4v) is 3.52. The number of rotatable bonds is 6. The maximum absolute atomic E-state index is 12.2. The highest BCUT2D eigenvalue weighted by molar-refractivity contribution is 5.70. The molecule has 0 spiro atoms. The third kappa shape index (κ3) is 5.26. The van der Waals surface area contributed by atoms with Gasteiger partial charge >= 0.3 is 5.97 Å². The van der Waals surface area contributed by atoms with E-state index < -0.39 is 0 Å². The van der Waals surface area contributed by atoms with Crippen LogP contribution < -0.4 is 4.74 Å². The van der Waals surface area contributed by atoms with Gasteiger partial charge in [-0.2, -0.15) is 0 Å². The lowest BCUT2D eigenvalue weighted by Crippen LogP contribution is -2.35. The summed E-state index contributed by atoms with van der Waals surface area (Å²) in [5.74, 6) is 2.51. The lowest BCUT2D eigenvalue weighted by molar-refractivity contribution is -0.155. The zero-order valence-corrected chi connectivity index (χ0v) is 14.9. The Kier molecular flexibility index (Phi) is 6.49. The molecule has 2 rings (SSSR count). The number of aryl methyl sites for hydroxylation is 1. The quantitative estimate of drug-likeness (QED) is 0.717. The molecular weight excluding hydrogens is 288 g/mol. The van der Waals surface area contributed by atoms with Crippen LogP contribution in [0.5, 0.6) is 5.75 Å². The maximum Gasteiger partial charge on any atom is 0.306 e. The Morgan fingerprint density at radius 1 is 1.22 bits per heavy atom. The Morgan fingerprint density at radius 2 is 1.91 bits per heavy atom. The van der Waals surface area contributed by atoms with Gasteiger partial charge in [0.05, 0.1) is 7.11 Å². The molecule has 23 heavy (non-hydrogen) atoms. The zero-order valence-electron chi connectivity index (χ0n) is 14.9. The van der Waals surface area contributed by atoms with Crippen molar-refractivity contribution in [3.05, 3.63) is 29.8 Å². The van der Waals surface area contributed by atoms with Crippen LogP contribution in [0.1, 0.15) is 52.0 Å². The molecule has 3 atom stereocenters. The second-order valence-electron chi connectivity index (χ2n) is 7.20. The van der Waals surface area contributed by atoms with E-state index in [2.05, 4.69) is 20.8 Å². The molecule has 1 aliphatic carbocycles. The highest BCUT2D eigenvalue weighted by atomic mass is 16.5. The molecule has 0 heterocycles. The predicted molar refractivity (Wildman–Crippen MR) is 92.5 cm³/mol. The molecule has 0 unspecified atom stereocenters. The van der Waals surface area contributed by atoms with Crippen LogP contribution in [0.4, 0.5) is 0 Å². The number of ether oxygens (including phenoxy) is 2. The Bertz CT molecular complexity index is 492. The number of benzene rings is 1. The van der Waals surface area contributed by atoms with Gasteiger partial charge in [0.25, 0.3) is 0 Å². The van der Waals surface area contributed by atoms with E-state index >= 15 is 0 Å². The van der Waals surface area contributed by atoms with Crippen molar-refractivity contribution in [2.24, 2.45) is 17.8 Å². The molecular formula is C20H30O3. The largest absolute Gasteiger partial charge is 0.497 e. The van der Waals surface area contributed by atoms with Crippen LogP contribution in [0.15, 0.2) is 24.3 Å². The lowest BCUT2D eigenvalue weighted by Gasteiger charge is -2.36. The fourth-order valence-electron chi connectivity index (χ4n) is 3.52. The van der Waals surface area contributed by atoms with E-state index in [0.29, 0.717) is 24.2 Å². The Labute approximate surface area is 140 Å². The van der Waals surface area contributed by atoms with Gasteiger partial charge in [-0.15, -0.1) is 0 Å². The van der Waals surface area contributed by atoms with Gasteiger partial charge in [-0.3, -0.25) is 4.79 Å². The maximum atomic E-state index is 12.2. The monoisotopic (exact) mass is 318 g/mol. The van der Waals surface area contributed by atoms with Crippen LogP contribution in [-0.4, -0.2) is 19.2 Å². The molecule has 0 aliphatic heterocycles. The molecule has 3 nitrogen and oxygen atoms in total. The van der Waals surface area contributed by atoms with E-state index in [1.54, 1.807) is 7.11 Å². The highest BCUT2D eigenvalue weighted by Gasteiger charge is 2.33. The zero-order chi connectivity index (χ0) is 16.8. The van der Waals surface area contributed by atoms with Gasteiger partial charge in [0, 0.05) is 6.42 Å². The van der Waals surface area contributed by atoms with E-state index in [1.807, 2.05) is 24.3 Å². The minimum Gasteiger partial charge on any atom is -0.497 e. The lowest BCUT2D eigenvalue weighted by atomic mass is 9.75. The SMILES string of the molecule is COc1ccc(CCC(=O)O[C@@H]2C[C@H](C)CC[C@H]2C(C)C)cc1. The molecule has 0 bridgehead atoms. The van der Waals surface area contributed by atoms with Crippen molar-refractivity contribution >= 4 is 5.97 Å². The van der Waals surface area contributed by atoms with E-state index in [1.165, 1.54) is 12.8 Å². The van der Waals surface area contributed by atoms with Gasteiger partial charge in [0.15, 0.2) is 0 Å². The van der Waals surface area contributed by atoms with Crippen LogP contribution in [0.25, 0.3) is 0 Å². The summed E-state index contributed by atoms with van der Waals surface area (Å²) in [4.78, 5) is 12.2. The molecule has 1 aromatic rings. The molecule has 0 amide bonds. The van der Waals surface area contributed by atoms with E-state index in [0.717, 1.165) is 24.2 Å². The van der Waals surface area contributed by atoms with Crippen LogP contribution in [0.2, 0.25) is 0 Å². The van der Waals surface area contributed by atoms with E-state index in [9.17, 15) is 4.79 Å². The molecule has 0 radical (unpaired) electrons. The van der Waals surface area contributed by atoms with Gasteiger partial charge in [0.1, 0.15) is 11.9 Å². The van der Waals surface area contributed by atoms with Crippen molar-refractivity contribution in [3.63, 3.8) is 0 Å². The second kappa shape index (κ2) is 8.37. The smallest absolute Gasteiger partial charge is 0.306 e. The van der Waals surface area contributed by atoms with Crippen LogP contribution in [0, 0.1) is 17.8 Å². The topological polar surface area (TPSA) is 35.5 Å². The second-order valence-corrected chi connectivity index (χ2v) is 7.20. The van der Waals surface area contributed by atoms with Crippen molar-refractivity contribution < 1.29 is 14.3 Å². The summed E-state index contributed by atoms with van der Waals surface area (Å²) in [6.45, 7) is 6.73. The molecule has 1 saturated carbocycles. The first-order valence-electron chi connectivity index (χ1n) is 8.82. The van der Waals surface area contributed by atoms with Crippen LogP contribution >= 0.6 is 0 Å². The summed E-state index contributed by atoms with van der Waals surface area (Å²) < 4.78 is 11.0. The first-order chi connectivity index (χ1) is 11.0. The minimum atomic E-state index is -0.0643. The molecule has 0 aromatic heterocycles. The van der Waals surface area contributed by atoms with Crippen LogP contribution in [-0.2, 0) is 16.0 Å². The predicted octanol–water partition coefficient (Wildman–Crippen LogP) is 4.63. The summed E-state index contributed by atoms with van der Waals surface area (Å²) in [7, 11) is 1.66. The fraction of sp³-hybridized carbons (Fsp3) is 0.650. The summed E-state index contributed by atoms with van der Waals surface area (Å²) >= 11 is 0. The van der Waals surface area contributed by atoms with E-state index in [-0.39, 0.29) is 12.1 Å². The minimum absolute atomic E-state index is 0.0643. The molecule has 1 fully saturated rings. The standard InChI is InChI=1S/C20H30O3/c1-14(2)18-11-5-15(3)13-19(18)23-20(21)12-8-16-6-9-17(22-4)10-7-16/h6-7,9-10,14-15,18-19H,5,8,11-13H2,1-4H3/t15-,18+,19-/m1/s1. The first-order valence-corrected chi connectivity index (χ1v) is 8.82. The van der Waals surface area contributed by atoms with Crippen molar-refractivity contribution in [2.45, 2.75) is 59.0 Å². The van der Waals surface area contributed by atoms with Crippen molar-refractivity contribution in [2.75, 3.05) is 7.11 Å².